The molecule has 1 saturated heterocycles. The lowest BCUT2D eigenvalue weighted by Gasteiger charge is -2.22. The fraction of sp³-hybridized carbons (Fsp3) is 0.625. The summed E-state index contributed by atoms with van der Waals surface area (Å²) in [5.74, 6) is 0.638. The number of nitrogens with one attached hydrogen (secondary N) is 1. The molecule has 3 rings (SSSR count). The van der Waals surface area contributed by atoms with E-state index in [1.165, 1.54) is 24.6 Å². The fourth-order valence-corrected chi connectivity index (χ4v) is 3.12. The van der Waals surface area contributed by atoms with Gasteiger partial charge in [-0.3, -0.25) is 0 Å². The summed E-state index contributed by atoms with van der Waals surface area (Å²) in [6, 6.07) is 0.210. The Bertz CT molecular complexity index is 523. The molecule has 0 aromatic carbocycles. The molecule has 0 bridgehead atoms. The van der Waals surface area contributed by atoms with E-state index in [1.807, 2.05) is 4.90 Å². The Balaban J connectivity index is 1.73. The molecule has 0 saturated carbocycles. The second kappa shape index (κ2) is 6.41. The average Bonchev–Trinajstić information content (AvgIpc) is 3.04. The normalized spacial score (nSPS) is 20.3. The van der Waals surface area contributed by atoms with Crippen molar-refractivity contribution in [3.05, 3.63) is 23.7 Å². The fourth-order valence-electron chi connectivity index (χ4n) is 3.12. The maximum absolute atomic E-state index is 13.9. The van der Waals surface area contributed by atoms with Gasteiger partial charge in [-0.05, 0) is 45.4 Å². The summed E-state index contributed by atoms with van der Waals surface area (Å²) in [7, 11) is 0. The van der Waals surface area contributed by atoms with Gasteiger partial charge in [0.15, 0.2) is 11.6 Å². The van der Waals surface area contributed by atoms with Crippen LogP contribution in [0.4, 0.5) is 16.2 Å². The third-order valence-electron chi connectivity index (χ3n) is 4.36. The van der Waals surface area contributed by atoms with E-state index in [9.17, 15) is 4.39 Å². The van der Waals surface area contributed by atoms with Crippen LogP contribution in [0.5, 0.6) is 0 Å². The number of aromatic nitrogens is 2. The monoisotopic (exact) mass is 290 g/mol. The second-order valence-corrected chi connectivity index (χ2v) is 5.95. The number of nitrogens with zero attached hydrogens (tertiary/aromatic N) is 3. The van der Waals surface area contributed by atoms with E-state index in [4.69, 9.17) is 0 Å². The standard InChI is InChI=1S/C16H23FN4/c1-12(13-7-3-2-4-8-13)19-16-18-11-14(17)15(20-16)21-9-5-6-10-21/h7,11-12H,2-6,8-10H2,1H3,(H,18,19,20). The van der Waals surface area contributed by atoms with Gasteiger partial charge in [0.1, 0.15) is 0 Å². The van der Waals surface area contributed by atoms with Crippen LogP contribution in [-0.4, -0.2) is 29.1 Å². The lowest BCUT2D eigenvalue weighted by atomic mass is 9.95. The van der Waals surface area contributed by atoms with Crippen molar-refractivity contribution in [2.45, 2.75) is 51.5 Å². The van der Waals surface area contributed by atoms with Crippen molar-refractivity contribution in [2.24, 2.45) is 0 Å². The molecule has 1 unspecified atom stereocenters. The molecule has 114 valence electrons. The number of rotatable bonds is 4. The average molecular weight is 290 g/mol. The van der Waals surface area contributed by atoms with E-state index in [-0.39, 0.29) is 11.9 Å². The summed E-state index contributed by atoms with van der Waals surface area (Å²) in [4.78, 5) is 10.5. The van der Waals surface area contributed by atoms with E-state index in [0.29, 0.717) is 11.8 Å². The lowest BCUT2D eigenvalue weighted by molar-refractivity contribution is 0.607. The first-order chi connectivity index (χ1) is 10.2. The molecule has 1 aromatic rings. The molecule has 21 heavy (non-hydrogen) atoms. The maximum atomic E-state index is 13.9. The van der Waals surface area contributed by atoms with Gasteiger partial charge in [-0.25, -0.2) is 9.37 Å². The molecule has 1 aliphatic heterocycles. The SMILES string of the molecule is CC(Nc1ncc(F)c(N2CCCC2)n1)C1=CCCCC1. The summed E-state index contributed by atoms with van der Waals surface area (Å²) < 4.78 is 13.9. The molecule has 1 N–H and O–H groups in total. The Kier molecular flexibility index (Phi) is 4.36. The molecule has 2 aliphatic rings. The molecule has 0 amide bonds. The Morgan fingerprint density at radius 3 is 2.76 bits per heavy atom. The van der Waals surface area contributed by atoms with Crippen LogP contribution in [0.2, 0.25) is 0 Å². The van der Waals surface area contributed by atoms with Gasteiger partial charge in [-0.15, -0.1) is 0 Å². The van der Waals surface area contributed by atoms with Crippen molar-refractivity contribution in [3.8, 4) is 0 Å². The first kappa shape index (κ1) is 14.3. The summed E-state index contributed by atoms with van der Waals surface area (Å²) in [6.07, 6.45) is 10.6. The number of allylic oxidation sites excluding steroid dienone is 1. The number of anilines is 2. The zero-order valence-electron chi connectivity index (χ0n) is 12.6. The minimum absolute atomic E-state index is 0.210. The lowest BCUT2D eigenvalue weighted by Crippen LogP contribution is -2.24. The highest BCUT2D eigenvalue weighted by Gasteiger charge is 2.19. The predicted octanol–water partition coefficient (Wildman–Crippen LogP) is 3.52. The van der Waals surface area contributed by atoms with Crippen LogP contribution in [0.15, 0.2) is 17.8 Å². The van der Waals surface area contributed by atoms with Crippen molar-refractivity contribution < 1.29 is 4.39 Å². The van der Waals surface area contributed by atoms with Crippen LogP contribution in [-0.2, 0) is 0 Å². The van der Waals surface area contributed by atoms with Crippen LogP contribution >= 0.6 is 0 Å². The van der Waals surface area contributed by atoms with Crippen LogP contribution < -0.4 is 10.2 Å². The van der Waals surface area contributed by atoms with Crippen LogP contribution in [0.1, 0.15) is 45.4 Å². The Hall–Kier alpha value is -1.65. The highest BCUT2D eigenvalue weighted by atomic mass is 19.1. The summed E-state index contributed by atoms with van der Waals surface area (Å²) in [5, 5.41) is 3.32. The van der Waals surface area contributed by atoms with E-state index in [1.54, 1.807) is 0 Å². The van der Waals surface area contributed by atoms with Crippen LogP contribution in [0.3, 0.4) is 0 Å². The molecular formula is C16H23FN4. The van der Waals surface area contributed by atoms with Gasteiger partial charge < -0.3 is 10.2 Å². The smallest absolute Gasteiger partial charge is 0.225 e. The molecule has 0 spiro atoms. The summed E-state index contributed by atoms with van der Waals surface area (Å²) in [6.45, 7) is 3.89. The second-order valence-electron chi connectivity index (χ2n) is 5.95. The van der Waals surface area contributed by atoms with Gasteiger partial charge in [0.25, 0.3) is 0 Å². The third-order valence-corrected chi connectivity index (χ3v) is 4.36. The van der Waals surface area contributed by atoms with E-state index in [2.05, 4.69) is 28.3 Å². The number of halogens is 1. The summed E-state index contributed by atoms with van der Waals surface area (Å²) >= 11 is 0. The van der Waals surface area contributed by atoms with Crippen molar-refractivity contribution in [1.29, 1.82) is 0 Å². The summed E-state index contributed by atoms with van der Waals surface area (Å²) in [5.41, 5.74) is 1.41. The van der Waals surface area contributed by atoms with E-state index in [0.717, 1.165) is 38.8 Å². The highest BCUT2D eigenvalue weighted by molar-refractivity contribution is 5.45. The molecule has 1 aliphatic carbocycles. The van der Waals surface area contributed by atoms with Crippen molar-refractivity contribution in [3.63, 3.8) is 0 Å². The predicted molar refractivity (Wildman–Crippen MR) is 83.1 cm³/mol. The van der Waals surface area contributed by atoms with Crippen LogP contribution in [0.25, 0.3) is 0 Å². The first-order valence-electron chi connectivity index (χ1n) is 7.97. The third kappa shape index (κ3) is 3.34. The van der Waals surface area contributed by atoms with Gasteiger partial charge in [0.05, 0.1) is 6.20 Å². The molecule has 1 aromatic heterocycles. The molecule has 1 atom stereocenters. The Morgan fingerprint density at radius 1 is 1.24 bits per heavy atom. The molecule has 4 nitrogen and oxygen atoms in total. The number of hydrogen-bond acceptors (Lipinski definition) is 4. The zero-order chi connectivity index (χ0) is 14.7. The first-order valence-corrected chi connectivity index (χ1v) is 7.97. The highest BCUT2D eigenvalue weighted by Crippen LogP contribution is 2.24. The van der Waals surface area contributed by atoms with Crippen molar-refractivity contribution in [2.75, 3.05) is 23.3 Å². The molecule has 5 heteroatoms. The minimum Gasteiger partial charge on any atom is -0.354 e. The van der Waals surface area contributed by atoms with Gasteiger partial charge >= 0.3 is 0 Å². The van der Waals surface area contributed by atoms with Crippen molar-refractivity contribution in [1.82, 2.24) is 9.97 Å². The quantitative estimate of drug-likeness (QED) is 0.861. The van der Waals surface area contributed by atoms with Gasteiger partial charge in [0, 0.05) is 19.1 Å². The van der Waals surface area contributed by atoms with E-state index >= 15 is 0 Å². The number of hydrogen-bond donors (Lipinski definition) is 1. The topological polar surface area (TPSA) is 41.1 Å². The van der Waals surface area contributed by atoms with Gasteiger partial charge in [0.2, 0.25) is 5.95 Å². The molecular weight excluding hydrogens is 267 g/mol. The molecule has 2 heterocycles. The molecule has 1 fully saturated rings. The maximum Gasteiger partial charge on any atom is 0.225 e. The Labute approximate surface area is 125 Å². The Morgan fingerprint density at radius 2 is 2.05 bits per heavy atom. The molecule has 0 radical (unpaired) electrons. The van der Waals surface area contributed by atoms with Crippen molar-refractivity contribution >= 4 is 11.8 Å². The van der Waals surface area contributed by atoms with Gasteiger partial charge in [-0.2, -0.15) is 4.98 Å². The van der Waals surface area contributed by atoms with E-state index < -0.39 is 0 Å². The minimum atomic E-state index is -0.327. The van der Waals surface area contributed by atoms with Gasteiger partial charge in [-0.1, -0.05) is 11.6 Å². The van der Waals surface area contributed by atoms with Crippen LogP contribution in [0, 0.1) is 5.82 Å². The largest absolute Gasteiger partial charge is 0.354 e. The zero-order valence-corrected chi connectivity index (χ0v) is 12.6.